The van der Waals surface area contributed by atoms with Crippen LogP contribution in [0.1, 0.15) is 40.5 Å². The summed E-state index contributed by atoms with van der Waals surface area (Å²) in [5.74, 6) is -1.50. The van der Waals surface area contributed by atoms with E-state index in [1.807, 2.05) is 27.7 Å². The van der Waals surface area contributed by atoms with Gasteiger partial charge in [0.25, 0.3) is 0 Å². The fourth-order valence-electron chi connectivity index (χ4n) is 1.82. The number of urea groups is 1. The van der Waals surface area contributed by atoms with Crippen LogP contribution in [-0.2, 0) is 15.6 Å². The van der Waals surface area contributed by atoms with Gasteiger partial charge in [-0.05, 0) is 18.3 Å². The number of carbonyl (C=O) groups is 2. The van der Waals surface area contributed by atoms with E-state index < -0.39 is 22.7 Å². The van der Waals surface area contributed by atoms with Crippen molar-refractivity contribution in [3.63, 3.8) is 0 Å². The molecule has 0 aromatic rings. The molecule has 124 valence electrons. The highest BCUT2D eigenvalue weighted by atomic mass is 32.2. The Balaban J connectivity index is 4.09. The molecule has 0 spiro atoms. The average Bonchev–Trinajstić information content (AvgIpc) is 2.32. The number of carbonyl (C=O) groups excluding carboxylic acids is 1. The minimum atomic E-state index is -0.903. The molecule has 3 unspecified atom stereocenters. The van der Waals surface area contributed by atoms with Crippen LogP contribution in [0.2, 0.25) is 0 Å². The molecule has 0 saturated heterocycles. The summed E-state index contributed by atoms with van der Waals surface area (Å²) < 4.78 is 11.2. The number of hydrogen-bond acceptors (Lipinski definition) is 3. The van der Waals surface area contributed by atoms with E-state index in [9.17, 15) is 13.8 Å². The lowest BCUT2D eigenvalue weighted by Gasteiger charge is -2.23. The van der Waals surface area contributed by atoms with Crippen LogP contribution in [0.25, 0.3) is 0 Å². The van der Waals surface area contributed by atoms with E-state index in [-0.39, 0.29) is 23.2 Å². The molecule has 0 fully saturated rings. The molecule has 3 N–H and O–H groups in total. The number of aliphatic carboxylic acids is 1. The Bertz CT molecular complexity index is 380. The van der Waals surface area contributed by atoms with Gasteiger partial charge in [0.05, 0.1) is 5.92 Å². The lowest BCUT2D eigenvalue weighted by atomic mass is 9.84. The zero-order valence-corrected chi connectivity index (χ0v) is 14.4. The maximum Gasteiger partial charge on any atom is 0.314 e. The van der Waals surface area contributed by atoms with Crippen molar-refractivity contribution in [2.24, 2.45) is 11.3 Å². The lowest BCUT2D eigenvalue weighted by molar-refractivity contribution is -0.142. The summed E-state index contributed by atoms with van der Waals surface area (Å²) in [6.45, 7) is 8.29. The van der Waals surface area contributed by atoms with Gasteiger partial charge in [0.1, 0.15) is 0 Å². The third-order valence-corrected chi connectivity index (χ3v) is 4.49. The Morgan fingerprint density at radius 1 is 1.24 bits per heavy atom. The summed E-state index contributed by atoms with van der Waals surface area (Å²) in [5, 5.41) is 14.4. The van der Waals surface area contributed by atoms with Gasteiger partial charge in [-0.3, -0.25) is 9.00 Å². The summed E-state index contributed by atoms with van der Waals surface area (Å²) >= 11 is 0. The molecule has 2 amide bonds. The maximum atomic E-state index is 11.6. The highest BCUT2D eigenvalue weighted by Gasteiger charge is 2.24. The molecular formula is C14H28N2O4S. The van der Waals surface area contributed by atoms with Gasteiger partial charge in [-0.15, -0.1) is 0 Å². The second-order valence-corrected chi connectivity index (χ2v) is 8.34. The lowest BCUT2D eigenvalue weighted by Crippen LogP contribution is -2.41. The Kier molecular flexibility index (Phi) is 8.54. The van der Waals surface area contributed by atoms with E-state index in [4.69, 9.17) is 5.11 Å². The number of nitrogens with one attached hydrogen (secondary N) is 2. The summed E-state index contributed by atoms with van der Waals surface area (Å²) in [7, 11) is -0.903. The van der Waals surface area contributed by atoms with Gasteiger partial charge in [0.2, 0.25) is 0 Å². The molecule has 0 radical (unpaired) electrons. The zero-order valence-electron chi connectivity index (χ0n) is 13.6. The SMILES string of the molecule is CC(CCNC(=O)NCC(CC(C)(C)C)C(=O)O)S(C)=O. The van der Waals surface area contributed by atoms with E-state index in [1.165, 1.54) is 0 Å². The van der Waals surface area contributed by atoms with Crippen molar-refractivity contribution >= 4 is 22.8 Å². The number of hydrogen-bond donors (Lipinski definition) is 3. The van der Waals surface area contributed by atoms with Crippen LogP contribution < -0.4 is 10.6 Å². The number of carboxylic acid groups (broad SMARTS) is 1. The minimum Gasteiger partial charge on any atom is -0.481 e. The van der Waals surface area contributed by atoms with Crippen molar-refractivity contribution in [3.05, 3.63) is 0 Å². The zero-order chi connectivity index (χ0) is 16.6. The molecular weight excluding hydrogens is 292 g/mol. The molecule has 3 atom stereocenters. The molecule has 0 heterocycles. The molecule has 0 aromatic heterocycles. The normalized spacial score (nSPS) is 15.9. The van der Waals surface area contributed by atoms with E-state index >= 15 is 0 Å². The van der Waals surface area contributed by atoms with Crippen molar-refractivity contribution in [2.45, 2.75) is 45.8 Å². The molecule has 7 heteroatoms. The first kappa shape index (κ1) is 19.9. The van der Waals surface area contributed by atoms with Crippen molar-refractivity contribution < 1.29 is 18.9 Å². The first-order chi connectivity index (χ1) is 9.53. The van der Waals surface area contributed by atoms with Gasteiger partial charge in [0.15, 0.2) is 0 Å². The second kappa shape index (κ2) is 9.02. The molecule has 0 aliphatic carbocycles. The quantitative estimate of drug-likeness (QED) is 0.633. The topological polar surface area (TPSA) is 95.5 Å². The predicted octanol–water partition coefficient (Wildman–Crippen LogP) is 1.58. The van der Waals surface area contributed by atoms with Crippen LogP contribution in [0, 0.1) is 11.3 Å². The van der Waals surface area contributed by atoms with Crippen LogP contribution >= 0.6 is 0 Å². The van der Waals surface area contributed by atoms with Crippen molar-refractivity contribution in [1.29, 1.82) is 0 Å². The number of rotatable bonds is 8. The van der Waals surface area contributed by atoms with E-state index in [0.717, 1.165) is 0 Å². The Morgan fingerprint density at radius 3 is 2.24 bits per heavy atom. The second-order valence-electron chi connectivity index (χ2n) is 6.53. The predicted molar refractivity (Wildman–Crippen MR) is 84.7 cm³/mol. The Morgan fingerprint density at radius 2 is 1.81 bits per heavy atom. The molecule has 0 aliphatic heterocycles. The first-order valence-electron chi connectivity index (χ1n) is 7.09. The smallest absolute Gasteiger partial charge is 0.314 e. The van der Waals surface area contributed by atoms with Crippen LogP contribution in [-0.4, -0.2) is 45.9 Å². The molecule has 0 saturated carbocycles. The van der Waals surface area contributed by atoms with Gasteiger partial charge in [-0.2, -0.15) is 0 Å². The summed E-state index contributed by atoms with van der Waals surface area (Å²) in [6, 6.07) is -0.385. The number of carboxylic acids is 1. The van der Waals surface area contributed by atoms with Crippen molar-refractivity contribution in [3.8, 4) is 0 Å². The highest BCUT2D eigenvalue weighted by Crippen LogP contribution is 2.24. The third kappa shape index (κ3) is 10.3. The average molecular weight is 320 g/mol. The van der Waals surface area contributed by atoms with Crippen LogP contribution in [0.3, 0.4) is 0 Å². The van der Waals surface area contributed by atoms with E-state index in [1.54, 1.807) is 6.26 Å². The van der Waals surface area contributed by atoms with Gasteiger partial charge >= 0.3 is 12.0 Å². The van der Waals surface area contributed by atoms with Crippen molar-refractivity contribution in [1.82, 2.24) is 10.6 Å². The summed E-state index contributed by atoms with van der Waals surface area (Å²) in [6.07, 6.45) is 2.75. The fraction of sp³-hybridized carbons (Fsp3) is 0.857. The van der Waals surface area contributed by atoms with Gasteiger partial charge in [0, 0.05) is 35.4 Å². The monoisotopic (exact) mass is 320 g/mol. The standard InChI is InChI=1S/C14H28N2O4S/c1-10(21(5)20)6-7-15-13(19)16-9-11(12(17)18)8-14(2,3)4/h10-11H,6-9H2,1-5H3,(H,17,18)(H2,15,16,19). The Labute approximate surface area is 129 Å². The number of amides is 2. The molecule has 0 bridgehead atoms. The van der Waals surface area contributed by atoms with Crippen LogP contribution in [0.15, 0.2) is 0 Å². The summed E-state index contributed by atoms with van der Waals surface area (Å²) in [4.78, 5) is 22.8. The van der Waals surface area contributed by atoms with Gasteiger partial charge in [-0.25, -0.2) is 4.79 Å². The molecule has 0 aliphatic rings. The Hall–Kier alpha value is -1.11. The highest BCUT2D eigenvalue weighted by molar-refractivity contribution is 7.84. The van der Waals surface area contributed by atoms with E-state index in [2.05, 4.69) is 10.6 Å². The largest absolute Gasteiger partial charge is 0.481 e. The maximum absolute atomic E-state index is 11.6. The summed E-state index contributed by atoms with van der Waals surface area (Å²) in [5.41, 5.74) is -0.109. The molecule has 0 aromatic carbocycles. The van der Waals surface area contributed by atoms with E-state index in [0.29, 0.717) is 19.4 Å². The first-order valence-corrected chi connectivity index (χ1v) is 8.72. The van der Waals surface area contributed by atoms with Gasteiger partial charge < -0.3 is 15.7 Å². The molecule has 21 heavy (non-hydrogen) atoms. The molecule has 6 nitrogen and oxygen atoms in total. The third-order valence-electron chi connectivity index (χ3n) is 3.12. The minimum absolute atomic E-state index is 0.0259. The van der Waals surface area contributed by atoms with Crippen LogP contribution in [0.5, 0.6) is 0 Å². The van der Waals surface area contributed by atoms with Crippen LogP contribution in [0.4, 0.5) is 4.79 Å². The van der Waals surface area contributed by atoms with Gasteiger partial charge in [-0.1, -0.05) is 27.7 Å². The van der Waals surface area contributed by atoms with Crippen molar-refractivity contribution in [2.75, 3.05) is 19.3 Å². The molecule has 0 rings (SSSR count). The fourth-order valence-corrected chi connectivity index (χ4v) is 2.27.